The van der Waals surface area contributed by atoms with Crippen LogP contribution in [0.4, 0.5) is 0 Å². The monoisotopic (exact) mass is 816 g/mol. The fourth-order valence-corrected chi connectivity index (χ4v) is 13.0. The molecule has 4 aliphatic heterocycles. The average molecular weight is 817 g/mol. The molecule has 2 aromatic rings. The fraction of sp³-hybridized carbons (Fsp3) is 0.568. The van der Waals surface area contributed by atoms with Gasteiger partial charge in [-0.3, -0.25) is 4.79 Å². The summed E-state index contributed by atoms with van der Waals surface area (Å²) in [6.45, 7) is 7.56. The third-order valence-corrected chi connectivity index (χ3v) is 16.2. The van der Waals surface area contributed by atoms with Crippen LogP contribution in [0.15, 0.2) is 73.8 Å². The minimum absolute atomic E-state index is 0.00341. The number of benzene rings is 1. The largest absolute Gasteiger partial charge is 0.481 e. The Hall–Kier alpha value is -3.65. The van der Waals surface area contributed by atoms with Crippen molar-refractivity contribution in [3.8, 4) is 5.75 Å². The first-order valence-corrected chi connectivity index (χ1v) is 23.0. The molecule has 5 unspecified atom stereocenters. The van der Waals surface area contributed by atoms with Crippen LogP contribution in [0.2, 0.25) is 0 Å². The highest BCUT2D eigenvalue weighted by atomic mass is 33.1. The molecule has 5 atom stereocenters. The number of rotatable bonds is 7. The Balaban J connectivity index is 1.27. The van der Waals surface area contributed by atoms with Crippen molar-refractivity contribution in [2.24, 2.45) is 17.6 Å². The number of fused-ring (bicyclic) bond motifs is 6. The van der Waals surface area contributed by atoms with Crippen molar-refractivity contribution in [1.29, 1.82) is 0 Å². The number of nitrogens with one attached hydrogen (secondary N) is 2. The van der Waals surface area contributed by atoms with Crippen LogP contribution in [0.3, 0.4) is 0 Å². The molecule has 306 valence electrons. The van der Waals surface area contributed by atoms with Crippen molar-refractivity contribution >= 4 is 44.4 Å². The Morgan fingerprint density at radius 2 is 2.00 bits per heavy atom. The highest BCUT2D eigenvalue weighted by molar-refractivity contribution is 8.76. The lowest BCUT2D eigenvalue weighted by Gasteiger charge is -2.53. The lowest BCUT2D eigenvalue weighted by molar-refractivity contribution is -0.186. The second-order valence-corrected chi connectivity index (χ2v) is 19.6. The molecule has 1 amide bonds. The molecule has 1 aromatic carbocycles. The average Bonchev–Trinajstić information content (AvgIpc) is 3.56. The van der Waals surface area contributed by atoms with Crippen molar-refractivity contribution in [1.82, 2.24) is 15.5 Å². The van der Waals surface area contributed by atoms with E-state index < -0.39 is 28.5 Å². The van der Waals surface area contributed by atoms with E-state index in [0.717, 1.165) is 78.6 Å². The predicted molar refractivity (Wildman–Crippen MR) is 226 cm³/mol. The van der Waals surface area contributed by atoms with E-state index in [4.69, 9.17) is 19.6 Å². The molecule has 1 spiro atoms. The lowest BCUT2D eigenvalue weighted by atomic mass is 9.61. The standard InChI is InChI=1S/C44H56N4O7S2/c1-5-26(2)40(51)55-42(3)12-9-27-24-56-57-25-34-31(21-46-4)23-48(34)38(50)17-30-22-47-37(45)18-32(30)39(27)44(42)20-29-15-28-16-33(41(52)53-35(28)19-36(29)54-44)43(13-14-49)10-7-6-8-11-43/h5,9,15-16,18-19,31,34,39,46-47,49H,6-8,10-14,17,20-25,45H2,1-4H3. The smallest absolute Gasteiger partial charge is 0.340 e. The molecule has 1 aromatic heterocycles. The Kier molecular flexibility index (Phi) is 11.2. The molecule has 13 heteroatoms. The Morgan fingerprint density at radius 1 is 1.19 bits per heavy atom. The molecule has 0 radical (unpaired) electrons. The molecule has 57 heavy (non-hydrogen) atoms. The van der Waals surface area contributed by atoms with Gasteiger partial charge in [-0.2, -0.15) is 0 Å². The third-order valence-electron chi connectivity index (χ3n) is 13.8. The van der Waals surface area contributed by atoms with Crippen LogP contribution in [0.1, 0.15) is 83.3 Å². The van der Waals surface area contributed by atoms with Gasteiger partial charge < -0.3 is 40.3 Å². The number of nitrogens with zero attached hydrogens (tertiary/aromatic N) is 1. The topological polar surface area (TPSA) is 156 Å². The van der Waals surface area contributed by atoms with Gasteiger partial charge in [0.15, 0.2) is 11.2 Å². The first kappa shape index (κ1) is 40.1. The number of hydrogen-bond donors (Lipinski definition) is 4. The molecule has 1 saturated carbocycles. The van der Waals surface area contributed by atoms with Crippen LogP contribution in [0, 0.1) is 11.8 Å². The summed E-state index contributed by atoms with van der Waals surface area (Å²) in [7, 11) is 5.55. The first-order valence-electron chi connectivity index (χ1n) is 20.5. The molecule has 6 aliphatic rings. The number of dihydropyridines is 1. The van der Waals surface area contributed by atoms with Crippen molar-refractivity contribution in [2.75, 3.05) is 44.8 Å². The number of amides is 1. The third kappa shape index (κ3) is 7.03. The SMILES string of the molecule is CC=C(C)C(=O)OC1(C)CC=C2CSSCC3C(CNC)CN3C(=O)CC3=C(C=C(N)NC3)C2C12Cc1cc3cc(C4(CCO)CCCCC4)c(=O)oc3cc1O2. The van der Waals surface area contributed by atoms with Crippen LogP contribution in [0.25, 0.3) is 11.0 Å². The minimum Gasteiger partial charge on any atom is -0.481 e. The molecule has 1 saturated heterocycles. The number of nitrogens with two attached hydrogens (primary N) is 1. The predicted octanol–water partition coefficient (Wildman–Crippen LogP) is 5.80. The maximum atomic E-state index is 14.2. The Labute approximate surface area is 342 Å². The van der Waals surface area contributed by atoms with Gasteiger partial charge in [-0.15, -0.1) is 0 Å². The van der Waals surface area contributed by atoms with E-state index in [1.54, 1.807) is 34.6 Å². The summed E-state index contributed by atoms with van der Waals surface area (Å²) in [6, 6.07) is 6.03. The number of allylic oxidation sites excluding steroid dienone is 2. The van der Waals surface area contributed by atoms with Gasteiger partial charge in [0.25, 0.3) is 0 Å². The summed E-state index contributed by atoms with van der Waals surface area (Å²) >= 11 is 0. The second-order valence-electron chi connectivity index (χ2n) is 17.1. The van der Waals surface area contributed by atoms with Crippen LogP contribution in [0.5, 0.6) is 5.75 Å². The molecule has 0 bridgehead atoms. The molecule has 5 heterocycles. The van der Waals surface area contributed by atoms with Crippen LogP contribution in [-0.4, -0.2) is 83.9 Å². The quantitative estimate of drug-likeness (QED) is 0.0878. The number of hydrogen-bond acceptors (Lipinski definition) is 12. The first-order chi connectivity index (χ1) is 27.4. The molecule has 2 aliphatic carbocycles. The van der Waals surface area contributed by atoms with Crippen molar-refractivity contribution < 1.29 is 28.6 Å². The van der Waals surface area contributed by atoms with Gasteiger partial charge in [-0.1, -0.05) is 58.6 Å². The van der Waals surface area contributed by atoms with Gasteiger partial charge in [0.05, 0.1) is 18.2 Å². The van der Waals surface area contributed by atoms with E-state index in [-0.39, 0.29) is 30.6 Å². The summed E-state index contributed by atoms with van der Waals surface area (Å²) < 4.78 is 20.1. The summed E-state index contributed by atoms with van der Waals surface area (Å²) in [6.07, 6.45) is 12.3. The van der Waals surface area contributed by atoms with E-state index in [1.807, 2.05) is 44.0 Å². The lowest BCUT2D eigenvalue weighted by Crippen LogP contribution is -2.65. The zero-order chi connectivity index (χ0) is 40.1. The summed E-state index contributed by atoms with van der Waals surface area (Å²) in [4.78, 5) is 43.8. The van der Waals surface area contributed by atoms with Crippen molar-refractivity contribution in [3.63, 3.8) is 0 Å². The summed E-state index contributed by atoms with van der Waals surface area (Å²) in [5.74, 6) is 2.28. The molecular weight excluding hydrogens is 761 g/mol. The van der Waals surface area contributed by atoms with Gasteiger partial charge in [-0.05, 0) is 82.0 Å². The van der Waals surface area contributed by atoms with Gasteiger partial charge in [0, 0.05) is 90.6 Å². The maximum absolute atomic E-state index is 14.2. The number of aliphatic hydroxyl groups is 1. The molecule has 8 rings (SSSR count). The minimum atomic E-state index is -1.15. The van der Waals surface area contributed by atoms with E-state index in [0.29, 0.717) is 65.8 Å². The zero-order valence-corrected chi connectivity index (χ0v) is 35.2. The van der Waals surface area contributed by atoms with E-state index >= 15 is 0 Å². The van der Waals surface area contributed by atoms with E-state index in [2.05, 4.69) is 22.8 Å². The number of aliphatic hydroxyl groups excluding tert-OH is 1. The summed E-state index contributed by atoms with van der Waals surface area (Å²) in [5.41, 5.74) is 8.97. The highest BCUT2D eigenvalue weighted by Crippen LogP contribution is 2.57. The van der Waals surface area contributed by atoms with Crippen molar-refractivity contribution in [3.05, 3.63) is 86.1 Å². The molecular formula is C44H56N4O7S2. The number of carbonyl (C=O) groups excluding carboxylic acids is 2. The van der Waals surface area contributed by atoms with Crippen molar-refractivity contribution in [2.45, 2.75) is 101 Å². The van der Waals surface area contributed by atoms with E-state index in [1.165, 1.54) is 0 Å². The summed E-state index contributed by atoms with van der Waals surface area (Å²) in [5, 5.41) is 17.5. The van der Waals surface area contributed by atoms with Crippen LogP contribution in [-0.2, 0) is 26.2 Å². The Morgan fingerprint density at radius 3 is 2.75 bits per heavy atom. The molecule has 5 N–H and O–H groups in total. The van der Waals surface area contributed by atoms with Crippen LogP contribution >= 0.6 is 21.6 Å². The highest BCUT2D eigenvalue weighted by Gasteiger charge is 2.64. The second kappa shape index (κ2) is 15.8. The maximum Gasteiger partial charge on any atom is 0.340 e. The van der Waals surface area contributed by atoms with E-state index in [9.17, 15) is 19.5 Å². The van der Waals surface area contributed by atoms with Gasteiger partial charge >= 0.3 is 11.6 Å². The number of carbonyl (C=O) groups is 2. The Bertz CT molecular complexity index is 2130. The number of ether oxygens (including phenoxy) is 2. The number of esters is 1. The van der Waals surface area contributed by atoms with Crippen LogP contribution < -0.4 is 26.7 Å². The fourth-order valence-electron chi connectivity index (χ4n) is 10.4. The molecule has 2 fully saturated rings. The van der Waals surface area contributed by atoms with Gasteiger partial charge in [-0.25, -0.2) is 9.59 Å². The normalized spacial score (nSPS) is 30.0. The zero-order valence-electron chi connectivity index (χ0n) is 33.5. The van der Waals surface area contributed by atoms with Gasteiger partial charge in [0.2, 0.25) is 5.91 Å². The molecule has 11 nitrogen and oxygen atoms in total. The van der Waals surface area contributed by atoms with Gasteiger partial charge in [0.1, 0.15) is 11.3 Å².